The first-order chi connectivity index (χ1) is 6.38. The van der Waals surface area contributed by atoms with Gasteiger partial charge in [0.05, 0.1) is 0 Å². The molecular formula is C10H8N2O. The van der Waals surface area contributed by atoms with Gasteiger partial charge in [0.25, 0.3) is 5.91 Å². The average molecular weight is 172 g/mol. The minimum Gasteiger partial charge on any atom is -0.272 e. The van der Waals surface area contributed by atoms with Crippen LogP contribution >= 0.6 is 0 Å². The predicted molar refractivity (Wildman–Crippen MR) is 48.4 cm³/mol. The summed E-state index contributed by atoms with van der Waals surface area (Å²) < 4.78 is 1.45. The van der Waals surface area contributed by atoms with E-state index in [9.17, 15) is 4.79 Å². The summed E-state index contributed by atoms with van der Waals surface area (Å²) >= 11 is 0. The van der Waals surface area contributed by atoms with Crippen LogP contribution in [0, 0.1) is 0 Å². The van der Waals surface area contributed by atoms with Crippen LogP contribution in [0.4, 0.5) is 0 Å². The highest BCUT2D eigenvalue weighted by Gasteiger charge is 2.05. The molecule has 0 fully saturated rings. The number of aromatic nitrogens is 2. The molecule has 1 heterocycles. The maximum atomic E-state index is 11.6. The van der Waals surface area contributed by atoms with Crippen molar-refractivity contribution < 1.29 is 4.79 Å². The largest absolute Gasteiger partial charge is 0.272 e. The minimum atomic E-state index is -0.0573. The smallest absolute Gasteiger partial charge is 0.263 e. The molecule has 0 saturated carbocycles. The van der Waals surface area contributed by atoms with Crippen LogP contribution in [0.2, 0.25) is 0 Å². The van der Waals surface area contributed by atoms with E-state index < -0.39 is 0 Å². The minimum absolute atomic E-state index is 0.0573. The molecule has 2 rings (SSSR count). The molecule has 1 aromatic carbocycles. The second-order valence-corrected chi connectivity index (χ2v) is 2.64. The Morgan fingerprint density at radius 2 is 2.00 bits per heavy atom. The Kier molecular flexibility index (Phi) is 1.92. The van der Waals surface area contributed by atoms with Crippen molar-refractivity contribution in [3.63, 3.8) is 0 Å². The first-order valence-electron chi connectivity index (χ1n) is 3.95. The second kappa shape index (κ2) is 3.23. The van der Waals surface area contributed by atoms with Crippen LogP contribution in [-0.2, 0) is 0 Å². The Balaban J connectivity index is 2.34. The molecule has 2 aromatic rings. The van der Waals surface area contributed by atoms with Crippen molar-refractivity contribution >= 4 is 5.91 Å². The van der Waals surface area contributed by atoms with Crippen molar-refractivity contribution in [2.75, 3.05) is 0 Å². The van der Waals surface area contributed by atoms with Gasteiger partial charge in [0.2, 0.25) is 0 Å². The number of carbonyl (C=O) groups excluding carboxylic acids is 1. The molecule has 0 spiro atoms. The average Bonchev–Trinajstić information content (AvgIpc) is 2.71. The van der Waals surface area contributed by atoms with Crippen LogP contribution in [0.3, 0.4) is 0 Å². The van der Waals surface area contributed by atoms with Crippen molar-refractivity contribution in [3.05, 3.63) is 54.6 Å². The van der Waals surface area contributed by atoms with Gasteiger partial charge < -0.3 is 0 Å². The van der Waals surface area contributed by atoms with E-state index in [1.165, 1.54) is 10.9 Å². The normalized spacial score (nSPS) is 9.85. The number of nitrogens with zero attached hydrogens (tertiary/aromatic N) is 2. The highest BCUT2D eigenvalue weighted by atomic mass is 16.2. The van der Waals surface area contributed by atoms with Gasteiger partial charge in [-0.1, -0.05) is 18.2 Å². The number of benzene rings is 1. The Labute approximate surface area is 75.7 Å². The lowest BCUT2D eigenvalue weighted by Gasteiger charge is -1.99. The third kappa shape index (κ3) is 1.49. The highest BCUT2D eigenvalue weighted by Crippen LogP contribution is 2.01. The summed E-state index contributed by atoms with van der Waals surface area (Å²) in [6.45, 7) is 0. The van der Waals surface area contributed by atoms with Crippen molar-refractivity contribution in [1.82, 2.24) is 9.55 Å². The summed E-state index contributed by atoms with van der Waals surface area (Å²) in [5.74, 6) is -0.0573. The van der Waals surface area contributed by atoms with E-state index in [-0.39, 0.29) is 5.91 Å². The van der Waals surface area contributed by atoms with Gasteiger partial charge in [-0.05, 0) is 12.1 Å². The lowest BCUT2D eigenvalue weighted by atomic mass is 10.2. The molecule has 13 heavy (non-hydrogen) atoms. The number of carbonyl (C=O) groups is 1. The molecule has 0 radical (unpaired) electrons. The van der Waals surface area contributed by atoms with Crippen LogP contribution < -0.4 is 0 Å². The Bertz CT molecular complexity index is 392. The van der Waals surface area contributed by atoms with Crippen molar-refractivity contribution in [2.45, 2.75) is 0 Å². The molecule has 0 aliphatic rings. The molecular weight excluding hydrogens is 164 g/mol. The lowest BCUT2D eigenvalue weighted by molar-refractivity contribution is 0.0960. The summed E-state index contributed by atoms with van der Waals surface area (Å²) in [5.41, 5.74) is 0.667. The fourth-order valence-electron chi connectivity index (χ4n) is 1.11. The SMILES string of the molecule is O=C(c1ccccc1)n1ccnc1. The molecule has 0 unspecified atom stereocenters. The zero-order chi connectivity index (χ0) is 9.10. The van der Waals surface area contributed by atoms with Gasteiger partial charge in [0, 0.05) is 18.0 Å². The Hall–Kier alpha value is -1.90. The van der Waals surface area contributed by atoms with Gasteiger partial charge in [0.1, 0.15) is 6.33 Å². The maximum Gasteiger partial charge on any atom is 0.263 e. The third-order valence-electron chi connectivity index (χ3n) is 1.76. The molecule has 0 saturated heterocycles. The highest BCUT2D eigenvalue weighted by molar-refractivity contribution is 5.95. The van der Waals surface area contributed by atoms with E-state index >= 15 is 0 Å². The molecule has 0 amide bonds. The number of rotatable bonds is 1. The molecule has 0 N–H and O–H groups in total. The van der Waals surface area contributed by atoms with Crippen molar-refractivity contribution in [3.8, 4) is 0 Å². The summed E-state index contributed by atoms with van der Waals surface area (Å²) in [7, 11) is 0. The monoisotopic (exact) mass is 172 g/mol. The topological polar surface area (TPSA) is 34.9 Å². The van der Waals surface area contributed by atoms with Crippen LogP contribution in [0.1, 0.15) is 10.4 Å². The predicted octanol–water partition coefficient (Wildman–Crippen LogP) is 1.57. The summed E-state index contributed by atoms with van der Waals surface area (Å²) in [5, 5.41) is 0. The van der Waals surface area contributed by atoms with Gasteiger partial charge in [-0.2, -0.15) is 0 Å². The first-order valence-corrected chi connectivity index (χ1v) is 3.95. The fourth-order valence-corrected chi connectivity index (χ4v) is 1.11. The first kappa shape index (κ1) is 7.73. The lowest BCUT2D eigenvalue weighted by Crippen LogP contribution is -2.08. The standard InChI is InChI=1S/C10H8N2O/c13-10(12-7-6-11-8-12)9-4-2-1-3-5-9/h1-8H. The summed E-state index contributed by atoms with van der Waals surface area (Å²) in [6.07, 6.45) is 4.71. The Morgan fingerprint density at radius 1 is 1.23 bits per heavy atom. The third-order valence-corrected chi connectivity index (χ3v) is 1.76. The van der Waals surface area contributed by atoms with E-state index in [4.69, 9.17) is 0 Å². The van der Waals surface area contributed by atoms with Crippen LogP contribution in [0.5, 0.6) is 0 Å². The molecule has 0 aliphatic carbocycles. The number of hydrogen-bond acceptors (Lipinski definition) is 2. The van der Waals surface area contributed by atoms with Gasteiger partial charge in [-0.3, -0.25) is 9.36 Å². The molecule has 0 bridgehead atoms. The van der Waals surface area contributed by atoms with Crippen LogP contribution in [-0.4, -0.2) is 15.5 Å². The zero-order valence-electron chi connectivity index (χ0n) is 6.92. The van der Waals surface area contributed by atoms with Gasteiger partial charge in [-0.15, -0.1) is 0 Å². The van der Waals surface area contributed by atoms with Crippen molar-refractivity contribution in [2.24, 2.45) is 0 Å². The number of imidazole rings is 1. The van der Waals surface area contributed by atoms with E-state index in [0.717, 1.165) is 0 Å². The molecule has 3 nitrogen and oxygen atoms in total. The van der Waals surface area contributed by atoms with Crippen LogP contribution in [0.15, 0.2) is 49.1 Å². The van der Waals surface area contributed by atoms with E-state index in [0.29, 0.717) is 5.56 Å². The van der Waals surface area contributed by atoms with E-state index in [1.54, 1.807) is 24.5 Å². The molecule has 0 atom stereocenters. The fraction of sp³-hybridized carbons (Fsp3) is 0. The Morgan fingerprint density at radius 3 is 2.62 bits per heavy atom. The maximum absolute atomic E-state index is 11.6. The molecule has 0 aliphatic heterocycles. The van der Waals surface area contributed by atoms with Crippen molar-refractivity contribution in [1.29, 1.82) is 0 Å². The van der Waals surface area contributed by atoms with E-state index in [1.807, 2.05) is 18.2 Å². The van der Waals surface area contributed by atoms with E-state index in [2.05, 4.69) is 4.98 Å². The van der Waals surface area contributed by atoms with Gasteiger partial charge in [-0.25, -0.2) is 4.98 Å². The summed E-state index contributed by atoms with van der Waals surface area (Å²) in [6, 6.07) is 9.11. The van der Waals surface area contributed by atoms with Crippen LogP contribution in [0.25, 0.3) is 0 Å². The summed E-state index contributed by atoms with van der Waals surface area (Å²) in [4.78, 5) is 15.4. The molecule has 3 heteroatoms. The van der Waals surface area contributed by atoms with Gasteiger partial charge >= 0.3 is 0 Å². The second-order valence-electron chi connectivity index (χ2n) is 2.64. The van der Waals surface area contributed by atoms with Gasteiger partial charge in [0.15, 0.2) is 0 Å². The zero-order valence-corrected chi connectivity index (χ0v) is 6.92. The molecule has 1 aromatic heterocycles. The number of hydrogen-bond donors (Lipinski definition) is 0. The quantitative estimate of drug-likeness (QED) is 0.654. The molecule has 64 valence electrons.